The van der Waals surface area contributed by atoms with Crippen LogP contribution in [0.5, 0.6) is 0 Å². The minimum atomic E-state index is -0.603. The molecule has 0 amide bonds. The predicted molar refractivity (Wildman–Crippen MR) is 93.4 cm³/mol. The topological polar surface area (TPSA) is 106 Å². The molecule has 0 saturated heterocycles. The van der Waals surface area contributed by atoms with Crippen LogP contribution in [0.4, 0.5) is 5.69 Å². The molecule has 2 aromatic heterocycles. The van der Waals surface area contributed by atoms with E-state index in [1.807, 2.05) is 10.7 Å². The van der Waals surface area contributed by atoms with Crippen LogP contribution in [-0.4, -0.2) is 37.6 Å². The Morgan fingerprint density at radius 2 is 2.28 bits per heavy atom. The number of rotatable bonds is 5. The lowest BCUT2D eigenvalue weighted by atomic mass is 10.1. The Labute approximate surface area is 147 Å². The van der Waals surface area contributed by atoms with Crippen molar-refractivity contribution in [2.24, 2.45) is 0 Å². The molecule has 3 aromatic rings. The van der Waals surface area contributed by atoms with Crippen LogP contribution >= 0.6 is 11.8 Å². The Hall–Kier alpha value is -2.49. The van der Waals surface area contributed by atoms with Crippen molar-refractivity contribution in [3.8, 4) is 11.3 Å². The van der Waals surface area contributed by atoms with Crippen LogP contribution in [0, 0.1) is 10.1 Å². The van der Waals surface area contributed by atoms with E-state index in [1.54, 1.807) is 25.4 Å². The molecule has 1 aliphatic rings. The molecule has 1 aliphatic heterocycles. The van der Waals surface area contributed by atoms with Gasteiger partial charge in [-0.2, -0.15) is 5.10 Å². The van der Waals surface area contributed by atoms with Gasteiger partial charge < -0.3 is 5.11 Å². The standard InChI is InChI=1S/C16H15N5O3S/c1-9(22)18-6-7-20-11-2-3-12(21(23)24)16-14(11)15(19-20)10-8-17-5-4-13(10)25-16/h2-5,8-9,18,22H,6-7H2,1H3. The van der Waals surface area contributed by atoms with E-state index in [1.165, 1.54) is 17.8 Å². The van der Waals surface area contributed by atoms with Gasteiger partial charge in [0, 0.05) is 40.8 Å². The SMILES string of the molecule is CC(O)NCCn1nc2c3c(c([N+](=O)[O-])ccc31)Sc1ccncc1-2. The Balaban J connectivity index is 1.90. The maximum Gasteiger partial charge on any atom is 0.284 e. The zero-order valence-electron chi connectivity index (χ0n) is 13.3. The van der Waals surface area contributed by atoms with Gasteiger partial charge in [0.15, 0.2) is 0 Å². The molecule has 1 atom stereocenters. The van der Waals surface area contributed by atoms with Gasteiger partial charge in [0.25, 0.3) is 5.69 Å². The molecule has 25 heavy (non-hydrogen) atoms. The Kier molecular flexibility index (Phi) is 3.91. The molecule has 4 rings (SSSR count). The number of nitrogens with one attached hydrogen (secondary N) is 1. The molecule has 3 heterocycles. The number of aromatic nitrogens is 3. The summed E-state index contributed by atoms with van der Waals surface area (Å²) in [5.74, 6) is 0. The van der Waals surface area contributed by atoms with Crippen LogP contribution in [0.3, 0.4) is 0 Å². The first-order valence-electron chi connectivity index (χ1n) is 7.78. The number of hydrogen-bond acceptors (Lipinski definition) is 7. The lowest BCUT2D eigenvalue weighted by Crippen LogP contribution is -2.29. The van der Waals surface area contributed by atoms with Crippen molar-refractivity contribution in [1.29, 1.82) is 0 Å². The first kappa shape index (κ1) is 16.0. The summed E-state index contributed by atoms with van der Waals surface area (Å²) < 4.78 is 1.82. The molecule has 0 bridgehead atoms. The second kappa shape index (κ2) is 6.10. The summed E-state index contributed by atoms with van der Waals surface area (Å²) >= 11 is 1.38. The summed E-state index contributed by atoms with van der Waals surface area (Å²) in [7, 11) is 0. The van der Waals surface area contributed by atoms with Crippen LogP contribution in [0.1, 0.15) is 6.92 Å². The van der Waals surface area contributed by atoms with E-state index < -0.39 is 6.23 Å². The lowest BCUT2D eigenvalue weighted by Gasteiger charge is -2.14. The number of nitro benzene ring substituents is 1. The van der Waals surface area contributed by atoms with Crippen molar-refractivity contribution < 1.29 is 10.0 Å². The molecule has 0 spiro atoms. The second-order valence-electron chi connectivity index (χ2n) is 5.74. The summed E-state index contributed by atoms with van der Waals surface area (Å²) in [5.41, 5.74) is 2.52. The first-order chi connectivity index (χ1) is 12.1. The fraction of sp³-hybridized carbons (Fsp3) is 0.250. The Bertz CT molecular complexity index is 985. The number of pyridine rings is 1. The van der Waals surface area contributed by atoms with Crippen molar-refractivity contribution in [3.05, 3.63) is 40.7 Å². The highest BCUT2D eigenvalue weighted by molar-refractivity contribution is 8.00. The minimum absolute atomic E-state index is 0.0860. The van der Waals surface area contributed by atoms with Gasteiger partial charge in [-0.3, -0.25) is 25.1 Å². The van der Waals surface area contributed by atoms with E-state index >= 15 is 0 Å². The third kappa shape index (κ3) is 2.66. The van der Waals surface area contributed by atoms with Crippen molar-refractivity contribution in [2.75, 3.05) is 6.54 Å². The number of aliphatic hydroxyl groups excluding tert-OH is 1. The number of aliphatic hydroxyl groups is 1. The molecule has 0 radical (unpaired) electrons. The van der Waals surface area contributed by atoms with E-state index in [2.05, 4.69) is 15.4 Å². The molecule has 128 valence electrons. The lowest BCUT2D eigenvalue weighted by molar-refractivity contribution is -0.387. The summed E-state index contributed by atoms with van der Waals surface area (Å²) in [5, 5.41) is 29.2. The number of benzene rings is 1. The predicted octanol–water partition coefficient (Wildman–Crippen LogP) is 2.40. The van der Waals surface area contributed by atoms with Gasteiger partial charge in [-0.05, 0) is 19.1 Å². The molecular formula is C16H15N5O3S. The van der Waals surface area contributed by atoms with E-state index in [-0.39, 0.29) is 10.6 Å². The minimum Gasteiger partial charge on any atom is -0.379 e. The fourth-order valence-electron chi connectivity index (χ4n) is 2.97. The highest BCUT2D eigenvalue weighted by Crippen LogP contribution is 2.50. The smallest absolute Gasteiger partial charge is 0.284 e. The number of fused-ring (bicyclic) bond motifs is 2. The third-order valence-electron chi connectivity index (χ3n) is 4.06. The maximum atomic E-state index is 11.4. The maximum absolute atomic E-state index is 11.4. The largest absolute Gasteiger partial charge is 0.379 e. The molecule has 0 fully saturated rings. The van der Waals surface area contributed by atoms with Gasteiger partial charge in [0.2, 0.25) is 0 Å². The highest BCUT2D eigenvalue weighted by Gasteiger charge is 2.29. The van der Waals surface area contributed by atoms with E-state index in [0.29, 0.717) is 23.7 Å². The molecule has 1 aromatic carbocycles. The van der Waals surface area contributed by atoms with Crippen molar-refractivity contribution in [3.63, 3.8) is 0 Å². The van der Waals surface area contributed by atoms with Gasteiger partial charge in [-0.1, -0.05) is 11.8 Å². The van der Waals surface area contributed by atoms with Crippen LogP contribution in [-0.2, 0) is 6.54 Å². The molecular weight excluding hydrogens is 342 g/mol. The van der Waals surface area contributed by atoms with Gasteiger partial charge in [0.1, 0.15) is 16.8 Å². The average molecular weight is 357 g/mol. The summed E-state index contributed by atoms with van der Waals surface area (Å²) in [6.07, 6.45) is 2.81. The zero-order valence-corrected chi connectivity index (χ0v) is 14.2. The van der Waals surface area contributed by atoms with E-state index in [0.717, 1.165) is 21.4 Å². The monoisotopic (exact) mass is 357 g/mol. The highest BCUT2D eigenvalue weighted by atomic mass is 32.2. The molecule has 0 saturated carbocycles. The van der Waals surface area contributed by atoms with Crippen LogP contribution in [0.25, 0.3) is 22.2 Å². The van der Waals surface area contributed by atoms with Crippen molar-refractivity contribution in [1.82, 2.24) is 20.1 Å². The average Bonchev–Trinajstić information content (AvgIpc) is 2.95. The number of hydrogen-bond donors (Lipinski definition) is 2. The van der Waals surface area contributed by atoms with E-state index in [4.69, 9.17) is 0 Å². The molecule has 0 aliphatic carbocycles. The van der Waals surface area contributed by atoms with Gasteiger partial charge >= 0.3 is 0 Å². The van der Waals surface area contributed by atoms with Crippen molar-refractivity contribution in [2.45, 2.75) is 29.5 Å². The third-order valence-corrected chi connectivity index (χ3v) is 5.25. The zero-order chi connectivity index (χ0) is 17.6. The van der Waals surface area contributed by atoms with Gasteiger partial charge in [0.05, 0.1) is 17.0 Å². The summed E-state index contributed by atoms with van der Waals surface area (Å²) in [6, 6.07) is 5.11. The number of nitro groups is 1. The molecule has 8 nitrogen and oxygen atoms in total. The first-order valence-corrected chi connectivity index (χ1v) is 8.59. The number of nitrogens with zero attached hydrogens (tertiary/aromatic N) is 4. The Morgan fingerprint density at radius 1 is 1.44 bits per heavy atom. The quantitative estimate of drug-likeness (QED) is 0.321. The second-order valence-corrected chi connectivity index (χ2v) is 6.79. The molecule has 2 N–H and O–H groups in total. The van der Waals surface area contributed by atoms with E-state index in [9.17, 15) is 15.2 Å². The van der Waals surface area contributed by atoms with Gasteiger partial charge in [-0.25, -0.2) is 0 Å². The van der Waals surface area contributed by atoms with Crippen LogP contribution < -0.4 is 5.32 Å². The van der Waals surface area contributed by atoms with Crippen LogP contribution in [0.2, 0.25) is 0 Å². The fourth-order valence-corrected chi connectivity index (χ4v) is 4.13. The van der Waals surface area contributed by atoms with Crippen LogP contribution in [0.15, 0.2) is 40.4 Å². The normalized spacial score (nSPS) is 13.7. The molecule has 9 heteroatoms. The summed E-state index contributed by atoms with van der Waals surface area (Å²) in [4.78, 5) is 16.8. The van der Waals surface area contributed by atoms with Gasteiger partial charge in [-0.15, -0.1) is 0 Å². The van der Waals surface area contributed by atoms with Crippen molar-refractivity contribution >= 4 is 28.4 Å². The Morgan fingerprint density at radius 3 is 3.04 bits per heavy atom. The molecule has 1 unspecified atom stereocenters. The summed E-state index contributed by atoms with van der Waals surface area (Å²) in [6.45, 7) is 2.73.